The molecule has 6 rings (SSSR count). The number of hydrogen-bond donors (Lipinski definition) is 1. The van der Waals surface area contributed by atoms with Crippen LogP contribution in [-0.2, 0) is 26.7 Å². The first-order chi connectivity index (χ1) is 22.8. The minimum Gasteiger partial charge on any atom is -0.497 e. The number of rotatable bonds is 12. The molecule has 0 unspecified atom stereocenters. The number of aryl methyl sites for hydroxylation is 4. The molecular weight excluding hydrogens is 598 g/mol. The van der Waals surface area contributed by atoms with Crippen molar-refractivity contribution in [1.29, 1.82) is 0 Å². The highest BCUT2D eigenvalue weighted by Crippen LogP contribution is 2.34. The number of hydrogen-bond acceptors (Lipinski definition) is 9. The van der Waals surface area contributed by atoms with Gasteiger partial charge in [-0.25, -0.2) is 14.6 Å². The fourth-order valence-corrected chi connectivity index (χ4v) is 5.41. The predicted octanol–water partition coefficient (Wildman–Crippen LogP) is 4.94. The van der Waals surface area contributed by atoms with E-state index >= 15 is 0 Å². The zero-order valence-corrected chi connectivity index (χ0v) is 27.3. The Morgan fingerprint density at radius 1 is 1.00 bits per heavy atom. The number of aromatic nitrogens is 8. The first-order valence-corrected chi connectivity index (χ1v) is 15.3. The maximum atomic E-state index is 13.6. The van der Waals surface area contributed by atoms with E-state index < -0.39 is 0 Å². The van der Waals surface area contributed by atoms with E-state index in [1.165, 1.54) is 0 Å². The van der Waals surface area contributed by atoms with E-state index in [1.54, 1.807) is 48.8 Å². The highest BCUT2D eigenvalue weighted by molar-refractivity contribution is 5.94. The minimum atomic E-state index is -0.370. The standard InChI is InChI=1S/C34H37N9O4/c1-7-15-43-29(30(22(3)39-43)47-20-23-11-9-8-10-12-23)31-38-32(41(4)40-31)28-26-18-35-21(2)19-42(26)33(37-28)34(44)36-17-24-13-14-25(45-5)16-27(24)46-6/h8-14,16,18-19H,7,15,17,20H2,1-6H3,(H,36,44). The highest BCUT2D eigenvalue weighted by Gasteiger charge is 2.27. The summed E-state index contributed by atoms with van der Waals surface area (Å²) in [5, 5.41) is 12.5. The van der Waals surface area contributed by atoms with Gasteiger partial charge in [-0.1, -0.05) is 37.3 Å². The zero-order chi connectivity index (χ0) is 33.1. The Hall–Kier alpha value is -5.72. The van der Waals surface area contributed by atoms with Crippen LogP contribution in [0, 0.1) is 13.8 Å². The average molecular weight is 636 g/mol. The molecule has 242 valence electrons. The normalized spacial score (nSPS) is 11.2. The summed E-state index contributed by atoms with van der Waals surface area (Å²) in [7, 11) is 4.97. The van der Waals surface area contributed by atoms with Crippen molar-refractivity contribution >= 4 is 11.4 Å². The summed E-state index contributed by atoms with van der Waals surface area (Å²) >= 11 is 0. The molecule has 0 aliphatic rings. The predicted molar refractivity (Wildman–Crippen MR) is 175 cm³/mol. The molecule has 1 amide bonds. The largest absolute Gasteiger partial charge is 0.497 e. The number of nitrogens with zero attached hydrogens (tertiary/aromatic N) is 8. The summed E-state index contributed by atoms with van der Waals surface area (Å²) in [4.78, 5) is 27.9. The van der Waals surface area contributed by atoms with Crippen LogP contribution < -0.4 is 19.5 Å². The van der Waals surface area contributed by atoms with Crippen LogP contribution in [0.3, 0.4) is 0 Å². The zero-order valence-electron chi connectivity index (χ0n) is 27.3. The van der Waals surface area contributed by atoms with E-state index in [-0.39, 0.29) is 18.3 Å². The fraction of sp³-hybridized carbons (Fsp3) is 0.294. The van der Waals surface area contributed by atoms with Crippen molar-refractivity contribution in [3.05, 3.63) is 89.3 Å². The number of fused-ring (bicyclic) bond motifs is 1. The monoisotopic (exact) mass is 635 g/mol. The molecule has 4 heterocycles. The fourth-order valence-electron chi connectivity index (χ4n) is 5.41. The molecule has 13 nitrogen and oxygen atoms in total. The van der Waals surface area contributed by atoms with Crippen molar-refractivity contribution in [3.8, 4) is 40.3 Å². The molecule has 0 bridgehead atoms. The molecule has 2 aromatic carbocycles. The number of methoxy groups -OCH3 is 2. The second-order valence-corrected chi connectivity index (χ2v) is 11.1. The molecular formula is C34H37N9O4. The van der Waals surface area contributed by atoms with Gasteiger partial charge in [-0.2, -0.15) is 5.10 Å². The molecule has 0 aliphatic heterocycles. The summed E-state index contributed by atoms with van der Waals surface area (Å²) in [6, 6.07) is 15.4. The second kappa shape index (κ2) is 13.3. The van der Waals surface area contributed by atoms with Crippen LogP contribution in [0.4, 0.5) is 0 Å². The van der Waals surface area contributed by atoms with Crippen LogP contribution >= 0.6 is 0 Å². The molecule has 0 radical (unpaired) electrons. The first kappa shape index (κ1) is 31.3. The molecule has 0 atom stereocenters. The van der Waals surface area contributed by atoms with E-state index in [0.29, 0.717) is 59.0 Å². The van der Waals surface area contributed by atoms with Gasteiger partial charge in [0.1, 0.15) is 35.2 Å². The Morgan fingerprint density at radius 2 is 1.81 bits per heavy atom. The maximum Gasteiger partial charge on any atom is 0.287 e. The molecule has 1 N–H and O–H groups in total. The third-order valence-corrected chi connectivity index (χ3v) is 7.71. The van der Waals surface area contributed by atoms with Gasteiger partial charge in [-0.3, -0.25) is 18.9 Å². The summed E-state index contributed by atoms with van der Waals surface area (Å²) in [5.41, 5.74) is 5.08. The van der Waals surface area contributed by atoms with Gasteiger partial charge in [0, 0.05) is 38.0 Å². The lowest BCUT2D eigenvalue weighted by molar-refractivity contribution is 0.0939. The Morgan fingerprint density at radius 3 is 2.55 bits per heavy atom. The van der Waals surface area contributed by atoms with E-state index in [0.717, 1.165) is 28.9 Å². The van der Waals surface area contributed by atoms with Gasteiger partial charge in [-0.15, -0.1) is 5.10 Å². The lowest BCUT2D eigenvalue weighted by Crippen LogP contribution is -2.25. The minimum absolute atomic E-state index is 0.191. The van der Waals surface area contributed by atoms with E-state index in [2.05, 4.69) is 17.2 Å². The van der Waals surface area contributed by atoms with Crippen LogP contribution in [0.1, 0.15) is 46.5 Å². The Labute approximate surface area is 272 Å². The number of imidazole rings is 1. The lowest BCUT2D eigenvalue weighted by Gasteiger charge is -2.11. The Balaban J connectivity index is 1.36. The van der Waals surface area contributed by atoms with Gasteiger partial charge in [-0.05, 0) is 38.0 Å². The summed E-state index contributed by atoms with van der Waals surface area (Å²) < 4.78 is 22.4. The van der Waals surface area contributed by atoms with Gasteiger partial charge in [0.25, 0.3) is 5.91 Å². The van der Waals surface area contributed by atoms with Crippen LogP contribution in [0.2, 0.25) is 0 Å². The van der Waals surface area contributed by atoms with Crippen LogP contribution in [-0.4, -0.2) is 59.0 Å². The topological polar surface area (TPSA) is 136 Å². The first-order valence-electron chi connectivity index (χ1n) is 15.3. The summed E-state index contributed by atoms with van der Waals surface area (Å²) in [6.45, 7) is 7.13. The third kappa shape index (κ3) is 6.24. The molecule has 0 spiro atoms. The number of carbonyl (C=O) groups excluding carboxylic acids is 1. The number of carbonyl (C=O) groups is 1. The SMILES string of the molecule is CCCn1nc(C)c(OCc2ccccc2)c1-c1nc(-c2nc(C(=O)NCc3ccc(OC)cc3OC)n3cc(C)ncc23)n(C)n1. The van der Waals surface area contributed by atoms with Gasteiger partial charge in [0.2, 0.25) is 11.6 Å². The second-order valence-electron chi connectivity index (χ2n) is 11.1. The van der Waals surface area contributed by atoms with Crippen LogP contribution in [0.5, 0.6) is 17.2 Å². The third-order valence-electron chi connectivity index (χ3n) is 7.71. The number of amides is 1. The van der Waals surface area contributed by atoms with Gasteiger partial charge in [0.05, 0.1) is 31.6 Å². The lowest BCUT2D eigenvalue weighted by atomic mass is 10.2. The molecule has 47 heavy (non-hydrogen) atoms. The van der Waals surface area contributed by atoms with Crippen molar-refractivity contribution in [3.63, 3.8) is 0 Å². The van der Waals surface area contributed by atoms with Crippen molar-refractivity contribution < 1.29 is 19.0 Å². The van der Waals surface area contributed by atoms with Gasteiger partial charge >= 0.3 is 0 Å². The van der Waals surface area contributed by atoms with Crippen molar-refractivity contribution in [2.75, 3.05) is 14.2 Å². The van der Waals surface area contributed by atoms with Gasteiger partial charge < -0.3 is 19.5 Å². The molecule has 0 saturated carbocycles. The van der Waals surface area contributed by atoms with Crippen LogP contribution in [0.15, 0.2) is 60.9 Å². The molecule has 6 aromatic rings. The Kier molecular flexibility index (Phi) is 8.87. The van der Waals surface area contributed by atoms with E-state index in [9.17, 15) is 4.79 Å². The average Bonchev–Trinajstić information content (AvgIpc) is 3.74. The summed E-state index contributed by atoms with van der Waals surface area (Å²) in [6.07, 6.45) is 4.33. The highest BCUT2D eigenvalue weighted by atomic mass is 16.5. The Bertz CT molecular complexity index is 2050. The van der Waals surface area contributed by atoms with Gasteiger partial charge in [0.15, 0.2) is 11.6 Å². The quantitative estimate of drug-likeness (QED) is 0.198. The van der Waals surface area contributed by atoms with Crippen molar-refractivity contribution in [2.24, 2.45) is 7.05 Å². The molecule has 0 fully saturated rings. The molecule has 13 heteroatoms. The number of ether oxygens (including phenoxy) is 3. The molecule has 4 aromatic heterocycles. The summed E-state index contributed by atoms with van der Waals surface area (Å²) in [5.74, 6) is 2.62. The number of benzene rings is 2. The molecule has 0 aliphatic carbocycles. The smallest absolute Gasteiger partial charge is 0.287 e. The van der Waals surface area contributed by atoms with Crippen molar-refractivity contribution in [2.45, 2.75) is 46.9 Å². The van der Waals surface area contributed by atoms with Crippen LogP contribution in [0.25, 0.3) is 28.6 Å². The molecule has 0 saturated heterocycles. The van der Waals surface area contributed by atoms with E-state index in [1.807, 2.05) is 61.0 Å². The maximum absolute atomic E-state index is 13.6. The number of nitrogens with one attached hydrogen (secondary N) is 1. The van der Waals surface area contributed by atoms with Crippen molar-refractivity contribution in [1.82, 2.24) is 44.2 Å². The van der Waals surface area contributed by atoms with E-state index in [4.69, 9.17) is 34.4 Å².